The van der Waals surface area contributed by atoms with Gasteiger partial charge in [-0.2, -0.15) is 0 Å². The van der Waals surface area contributed by atoms with Gasteiger partial charge in [0.2, 0.25) is 0 Å². The average molecular weight is 650 g/mol. The fourth-order valence-corrected chi connectivity index (χ4v) is 9.16. The van der Waals surface area contributed by atoms with E-state index < -0.39 is 0 Å². The van der Waals surface area contributed by atoms with Gasteiger partial charge in [-0.15, -0.1) is 11.3 Å². The molecule has 0 N–H and O–H groups in total. The van der Waals surface area contributed by atoms with Crippen LogP contribution in [0, 0.1) is 0 Å². The number of anilines is 3. The third kappa shape index (κ3) is 4.73. The number of fused-ring (bicyclic) bond motifs is 7. The molecule has 8 aromatic rings. The maximum atomic E-state index is 2.48. The van der Waals surface area contributed by atoms with Gasteiger partial charge in [-0.3, -0.25) is 0 Å². The number of thiophene rings is 1. The van der Waals surface area contributed by atoms with Crippen LogP contribution in [0.4, 0.5) is 17.1 Å². The summed E-state index contributed by atoms with van der Waals surface area (Å²) in [6.45, 7) is 11.6. The number of rotatable bonds is 4. The van der Waals surface area contributed by atoms with E-state index in [9.17, 15) is 0 Å². The van der Waals surface area contributed by atoms with Crippen LogP contribution < -0.4 is 4.90 Å². The van der Waals surface area contributed by atoms with E-state index in [2.05, 4.69) is 185 Å². The third-order valence-corrected chi connectivity index (χ3v) is 11.8. The first-order valence-corrected chi connectivity index (χ1v) is 18.1. The highest BCUT2D eigenvalue weighted by molar-refractivity contribution is 7.25. The van der Waals surface area contributed by atoms with E-state index in [0.717, 1.165) is 11.4 Å². The predicted molar refractivity (Wildman–Crippen MR) is 213 cm³/mol. The molecule has 0 radical (unpaired) electrons. The Morgan fingerprint density at radius 2 is 1.20 bits per heavy atom. The molecule has 1 heterocycles. The van der Waals surface area contributed by atoms with Crippen LogP contribution in [0.1, 0.15) is 51.3 Å². The Balaban J connectivity index is 1.32. The minimum Gasteiger partial charge on any atom is -0.310 e. The molecule has 238 valence electrons. The van der Waals surface area contributed by atoms with E-state index in [1.807, 2.05) is 11.3 Å². The first kappa shape index (κ1) is 29.9. The topological polar surface area (TPSA) is 3.24 Å². The summed E-state index contributed by atoms with van der Waals surface area (Å²) in [6, 6.07) is 54.5. The van der Waals surface area contributed by atoms with Gasteiger partial charge in [0.15, 0.2) is 0 Å². The van der Waals surface area contributed by atoms with Crippen molar-refractivity contribution in [2.45, 2.75) is 45.4 Å². The number of benzene rings is 7. The molecule has 1 aromatic heterocycles. The molecule has 0 amide bonds. The van der Waals surface area contributed by atoms with Crippen molar-refractivity contribution in [3.8, 4) is 22.3 Å². The molecular formula is C47H39NS. The molecular weight excluding hydrogens is 611 g/mol. The molecule has 49 heavy (non-hydrogen) atoms. The minimum absolute atomic E-state index is 0.0442. The lowest BCUT2D eigenvalue weighted by Crippen LogP contribution is -2.16. The second-order valence-electron chi connectivity index (χ2n) is 15.0. The van der Waals surface area contributed by atoms with Gasteiger partial charge in [0, 0.05) is 42.5 Å². The maximum absolute atomic E-state index is 2.48. The van der Waals surface area contributed by atoms with Gasteiger partial charge in [0.25, 0.3) is 0 Å². The van der Waals surface area contributed by atoms with E-state index in [-0.39, 0.29) is 10.8 Å². The summed E-state index contributed by atoms with van der Waals surface area (Å²) in [6.07, 6.45) is 0. The lowest BCUT2D eigenvalue weighted by molar-refractivity contribution is 0.590. The van der Waals surface area contributed by atoms with Crippen LogP contribution in [0.3, 0.4) is 0 Å². The Hall–Kier alpha value is -5.18. The Labute approximate surface area is 293 Å². The van der Waals surface area contributed by atoms with E-state index in [1.54, 1.807) is 0 Å². The number of hydrogen-bond donors (Lipinski definition) is 0. The fourth-order valence-electron chi connectivity index (χ4n) is 8.02. The molecule has 1 aliphatic carbocycles. The molecule has 0 saturated heterocycles. The zero-order chi connectivity index (χ0) is 33.5. The van der Waals surface area contributed by atoms with Crippen molar-refractivity contribution in [2.24, 2.45) is 0 Å². The summed E-state index contributed by atoms with van der Waals surface area (Å²) in [5, 5.41) is 5.14. The number of hydrogen-bond acceptors (Lipinski definition) is 2. The predicted octanol–water partition coefficient (Wildman–Crippen LogP) is 13.9. The van der Waals surface area contributed by atoms with Crippen molar-refractivity contribution in [2.75, 3.05) is 4.90 Å². The molecule has 0 atom stereocenters. The van der Waals surface area contributed by atoms with Gasteiger partial charge in [-0.1, -0.05) is 138 Å². The van der Waals surface area contributed by atoms with Gasteiger partial charge in [0.05, 0.1) is 5.69 Å². The summed E-state index contributed by atoms with van der Waals surface area (Å²) in [5.41, 5.74) is 12.8. The van der Waals surface area contributed by atoms with Crippen molar-refractivity contribution in [3.63, 3.8) is 0 Å². The molecule has 0 saturated carbocycles. The first-order valence-electron chi connectivity index (χ1n) is 17.3. The zero-order valence-corrected chi connectivity index (χ0v) is 29.5. The van der Waals surface area contributed by atoms with Crippen molar-refractivity contribution >= 4 is 59.3 Å². The molecule has 7 aromatic carbocycles. The Kier molecular flexibility index (Phi) is 6.67. The van der Waals surface area contributed by atoms with Gasteiger partial charge >= 0.3 is 0 Å². The van der Waals surface area contributed by atoms with Gasteiger partial charge < -0.3 is 4.90 Å². The molecule has 2 heteroatoms. The molecule has 1 aliphatic rings. The molecule has 1 nitrogen and oxygen atoms in total. The monoisotopic (exact) mass is 649 g/mol. The quantitative estimate of drug-likeness (QED) is 0.183. The van der Waals surface area contributed by atoms with Gasteiger partial charge in [-0.05, 0) is 92.0 Å². The number of nitrogens with zero attached hydrogens (tertiary/aromatic N) is 1. The lowest BCUT2D eigenvalue weighted by Gasteiger charge is -2.30. The Morgan fingerprint density at radius 3 is 2.02 bits per heavy atom. The molecule has 0 bridgehead atoms. The summed E-state index contributed by atoms with van der Waals surface area (Å²) >= 11 is 1.88. The van der Waals surface area contributed by atoms with Crippen LogP contribution in [0.5, 0.6) is 0 Å². The summed E-state index contributed by atoms with van der Waals surface area (Å²) in [4.78, 5) is 2.48. The minimum atomic E-state index is -0.0442. The van der Waals surface area contributed by atoms with Crippen molar-refractivity contribution in [1.82, 2.24) is 0 Å². The Morgan fingerprint density at radius 1 is 0.531 bits per heavy atom. The van der Waals surface area contributed by atoms with Crippen LogP contribution in [0.25, 0.3) is 53.2 Å². The fraction of sp³-hybridized carbons (Fsp3) is 0.149. The summed E-state index contributed by atoms with van der Waals surface area (Å²) < 4.78 is 2.64. The van der Waals surface area contributed by atoms with Crippen molar-refractivity contribution < 1.29 is 0 Å². The van der Waals surface area contributed by atoms with E-state index in [4.69, 9.17) is 0 Å². The smallest absolute Gasteiger partial charge is 0.0546 e. The van der Waals surface area contributed by atoms with Gasteiger partial charge in [-0.25, -0.2) is 0 Å². The maximum Gasteiger partial charge on any atom is 0.0546 e. The van der Waals surface area contributed by atoms with E-state index in [1.165, 1.54) is 75.6 Å². The summed E-state index contributed by atoms with van der Waals surface area (Å²) in [7, 11) is 0. The van der Waals surface area contributed by atoms with Gasteiger partial charge in [0.1, 0.15) is 0 Å². The van der Waals surface area contributed by atoms with Crippen molar-refractivity contribution in [3.05, 3.63) is 162 Å². The zero-order valence-electron chi connectivity index (χ0n) is 28.7. The highest BCUT2D eigenvalue weighted by Gasteiger charge is 2.35. The highest BCUT2D eigenvalue weighted by Crippen LogP contribution is 2.52. The SMILES string of the molecule is CC(C)(C)c1ccc(N(c2ccc3c(c2)-c2ccccc2C3(C)C)c2ccc3ccccc3c2-c2ccc3c(c2)sc2ccccc23)cc1. The normalized spacial score (nSPS) is 13.6. The molecule has 0 unspecified atom stereocenters. The second kappa shape index (κ2) is 10.9. The molecule has 9 rings (SSSR count). The Bertz CT molecular complexity index is 2560. The standard InChI is InChI=1S/C47H39NS/c1-46(2,3)32-20-22-33(23-21-32)48(34-24-26-41-39(29-34)36-14-8-10-16-40(36)47(41,4)5)42-27-19-30-12-6-7-13-35(30)45(42)31-18-25-38-37-15-9-11-17-43(37)49-44(38)28-31/h6-29H,1-5H3. The third-order valence-electron chi connectivity index (χ3n) is 10.6. The molecule has 0 spiro atoms. The van der Waals surface area contributed by atoms with Crippen LogP contribution in [0.2, 0.25) is 0 Å². The van der Waals surface area contributed by atoms with E-state index in [0.29, 0.717) is 0 Å². The average Bonchev–Trinajstić information content (AvgIpc) is 3.59. The second-order valence-corrected chi connectivity index (χ2v) is 16.1. The largest absolute Gasteiger partial charge is 0.310 e. The van der Waals surface area contributed by atoms with Crippen molar-refractivity contribution in [1.29, 1.82) is 0 Å². The van der Waals surface area contributed by atoms with E-state index >= 15 is 0 Å². The van der Waals surface area contributed by atoms with Crippen LogP contribution in [-0.4, -0.2) is 0 Å². The van der Waals surface area contributed by atoms with Crippen LogP contribution in [-0.2, 0) is 10.8 Å². The molecule has 0 aliphatic heterocycles. The molecule has 0 fully saturated rings. The summed E-state index contributed by atoms with van der Waals surface area (Å²) in [5.74, 6) is 0. The van der Waals surface area contributed by atoms with Crippen LogP contribution in [0.15, 0.2) is 146 Å². The highest BCUT2D eigenvalue weighted by atomic mass is 32.1. The lowest BCUT2D eigenvalue weighted by atomic mass is 9.82. The van der Waals surface area contributed by atoms with Crippen LogP contribution >= 0.6 is 11.3 Å². The first-order chi connectivity index (χ1) is 23.7.